The lowest BCUT2D eigenvalue weighted by atomic mass is 9.98. The minimum Gasteiger partial charge on any atom is -0.358 e. The number of hydrogen-bond acceptors (Lipinski definition) is 1. The molecule has 0 saturated heterocycles. The number of rotatable bonds is 3. The zero-order chi connectivity index (χ0) is 14.2. The maximum absolute atomic E-state index is 11.3. The van der Waals surface area contributed by atoms with E-state index >= 15 is 0 Å². The van der Waals surface area contributed by atoms with Crippen LogP contribution in [0.25, 0.3) is 10.9 Å². The fraction of sp³-hybridized carbons (Fsp3) is 0.438. The monoisotopic (exact) mass is 258 g/mol. The topological polar surface area (TPSA) is 44.9 Å². The Morgan fingerprint density at radius 3 is 2.58 bits per heavy atom. The molecule has 0 aliphatic carbocycles. The summed E-state index contributed by atoms with van der Waals surface area (Å²) in [5.74, 6) is 0.425. The molecule has 0 unspecified atom stereocenters. The smallest absolute Gasteiger partial charge is 0.221 e. The first kappa shape index (κ1) is 13.7. The lowest BCUT2D eigenvalue weighted by molar-refractivity contribution is -0.114. The lowest BCUT2D eigenvalue weighted by Crippen LogP contribution is -2.06. The van der Waals surface area contributed by atoms with Gasteiger partial charge in [0, 0.05) is 18.0 Å². The largest absolute Gasteiger partial charge is 0.358 e. The molecule has 3 heteroatoms. The number of anilines is 1. The van der Waals surface area contributed by atoms with Crippen LogP contribution >= 0.6 is 0 Å². The Kier molecular flexibility index (Phi) is 3.65. The van der Waals surface area contributed by atoms with Crippen molar-refractivity contribution in [2.45, 2.75) is 47.0 Å². The first-order chi connectivity index (χ1) is 8.95. The van der Waals surface area contributed by atoms with Gasteiger partial charge in [0.15, 0.2) is 0 Å². The standard InChI is InChI=1S/C16H22N2O/c1-6-13-10(4)15-14(17-11(5)19)8-7-12(9(2)3)16(15)18-13/h7-9,18H,6H2,1-5H3,(H,17,19). The molecule has 1 aromatic carbocycles. The number of hydrogen-bond donors (Lipinski definition) is 2. The molecule has 0 atom stereocenters. The third-order valence-corrected chi connectivity index (χ3v) is 3.63. The number of aromatic amines is 1. The van der Waals surface area contributed by atoms with Crippen LogP contribution in [0.3, 0.4) is 0 Å². The van der Waals surface area contributed by atoms with E-state index in [4.69, 9.17) is 0 Å². The molecular weight excluding hydrogens is 236 g/mol. The van der Waals surface area contributed by atoms with E-state index in [0.717, 1.165) is 23.0 Å². The second kappa shape index (κ2) is 5.08. The Labute approximate surface area is 114 Å². The number of amides is 1. The minimum absolute atomic E-state index is 0.0303. The van der Waals surface area contributed by atoms with E-state index < -0.39 is 0 Å². The van der Waals surface area contributed by atoms with Gasteiger partial charge in [0.1, 0.15) is 0 Å². The van der Waals surface area contributed by atoms with E-state index in [1.165, 1.54) is 16.8 Å². The molecule has 1 aromatic heterocycles. The molecule has 2 aromatic rings. The molecule has 0 bridgehead atoms. The second-order valence-electron chi connectivity index (χ2n) is 5.37. The second-order valence-corrected chi connectivity index (χ2v) is 5.37. The van der Waals surface area contributed by atoms with Crippen LogP contribution in [0, 0.1) is 6.92 Å². The molecular formula is C16H22N2O. The number of benzene rings is 1. The number of carbonyl (C=O) groups excluding carboxylic acids is 1. The molecule has 0 saturated carbocycles. The van der Waals surface area contributed by atoms with Crippen LogP contribution in [-0.4, -0.2) is 10.9 Å². The van der Waals surface area contributed by atoms with E-state index in [1.54, 1.807) is 6.92 Å². The lowest BCUT2D eigenvalue weighted by Gasteiger charge is -2.11. The Morgan fingerprint density at radius 2 is 2.05 bits per heavy atom. The SMILES string of the molecule is CCc1[nH]c2c(C(C)C)ccc(NC(C)=O)c2c1C. The third-order valence-electron chi connectivity index (χ3n) is 3.63. The highest BCUT2D eigenvalue weighted by Gasteiger charge is 2.15. The highest BCUT2D eigenvalue weighted by atomic mass is 16.1. The summed E-state index contributed by atoms with van der Waals surface area (Å²) in [6.07, 6.45) is 0.970. The van der Waals surface area contributed by atoms with Gasteiger partial charge < -0.3 is 10.3 Å². The zero-order valence-corrected chi connectivity index (χ0v) is 12.3. The van der Waals surface area contributed by atoms with E-state index in [0.29, 0.717) is 5.92 Å². The maximum atomic E-state index is 11.3. The van der Waals surface area contributed by atoms with Crippen LogP contribution in [0.5, 0.6) is 0 Å². The van der Waals surface area contributed by atoms with Gasteiger partial charge in [-0.15, -0.1) is 0 Å². The van der Waals surface area contributed by atoms with Crippen LogP contribution in [0.2, 0.25) is 0 Å². The number of carbonyl (C=O) groups is 1. The molecule has 1 heterocycles. The highest BCUT2D eigenvalue weighted by Crippen LogP contribution is 2.34. The quantitative estimate of drug-likeness (QED) is 0.854. The van der Waals surface area contributed by atoms with Crippen molar-refractivity contribution in [2.24, 2.45) is 0 Å². The molecule has 2 rings (SSSR count). The first-order valence-electron chi connectivity index (χ1n) is 6.87. The Morgan fingerprint density at radius 1 is 1.37 bits per heavy atom. The van der Waals surface area contributed by atoms with Crippen molar-refractivity contribution < 1.29 is 4.79 Å². The normalized spacial score (nSPS) is 11.3. The summed E-state index contributed by atoms with van der Waals surface area (Å²) in [6.45, 7) is 10.2. The van der Waals surface area contributed by atoms with Crippen LogP contribution in [0.15, 0.2) is 12.1 Å². The summed E-state index contributed by atoms with van der Waals surface area (Å²) >= 11 is 0. The Bertz CT molecular complexity index is 623. The number of nitrogens with one attached hydrogen (secondary N) is 2. The molecule has 2 N–H and O–H groups in total. The average molecular weight is 258 g/mol. The number of fused-ring (bicyclic) bond motifs is 1. The molecule has 102 valence electrons. The summed E-state index contributed by atoms with van der Waals surface area (Å²) in [4.78, 5) is 14.9. The zero-order valence-electron chi connectivity index (χ0n) is 12.3. The van der Waals surface area contributed by atoms with Gasteiger partial charge in [-0.1, -0.05) is 26.8 Å². The summed E-state index contributed by atoms with van der Waals surface area (Å²) < 4.78 is 0. The number of aryl methyl sites for hydroxylation is 2. The molecule has 3 nitrogen and oxygen atoms in total. The van der Waals surface area contributed by atoms with Crippen LogP contribution in [0.1, 0.15) is 50.4 Å². The molecule has 19 heavy (non-hydrogen) atoms. The molecule has 0 spiro atoms. The van der Waals surface area contributed by atoms with E-state index in [1.807, 2.05) is 6.07 Å². The minimum atomic E-state index is -0.0303. The van der Waals surface area contributed by atoms with Crippen molar-refractivity contribution in [3.05, 3.63) is 29.0 Å². The fourth-order valence-corrected chi connectivity index (χ4v) is 2.67. The summed E-state index contributed by atoms with van der Waals surface area (Å²) in [6, 6.07) is 4.12. The van der Waals surface area contributed by atoms with E-state index in [-0.39, 0.29) is 5.91 Å². The van der Waals surface area contributed by atoms with Crippen LogP contribution in [-0.2, 0) is 11.2 Å². The van der Waals surface area contributed by atoms with Gasteiger partial charge in [-0.05, 0) is 36.5 Å². The third kappa shape index (κ3) is 2.37. The Balaban J connectivity index is 2.76. The Hall–Kier alpha value is -1.77. The van der Waals surface area contributed by atoms with Gasteiger partial charge >= 0.3 is 0 Å². The van der Waals surface area contributed by atoms with Crippen LogP contribution in [0.4, 0.5) is 5.69 Å². The van der Waals surface area contributed by atoms with E-state index in [2.05, 4.69) is 44.1 Å². The van der Waals surface area contributed by atoms with Crippen molar-refractivity contribution in [3.8, 4) is 0 Å². The van der Waals surface area contributed by atoms with Gasteiger partial charge in [-0.2, -0.15) is 0 Å². The number of aromatic nitrogens is 1. The molecule has 0 fully saturated rings. The van der Waals surface area contributed by atoms with Crippen molar-refractivity contribution in [2.75, 3.05) is 5.32 Å². The van der Waals surface area contributed by atoms with Gasteiger partial charge in [0.25, 0.3) is 0 Å². The molecule has 0 radical (unpaired) electrons. The van der Waals surface area contributed by atoms with Gasteiger partial charge in [0.2, 0.25) is 5.91 Å². The van der Waals surface area contributed by atoms with E-state index in [9.17, 15) is 4.79 Å². The summed E-state index contributed by atoms with van der Waals surface area (Å²) in [7, 11) is 0. The van der Waals surface area contributed by atoms with Crippen molar-refractivity contribution in [1.29, 1.82) is 0 Å². The predicted octanol–water partition coefficient (Wildman–Crippen LogP) is 4.12. The van der Waals surface area contributed by atoms with Crippen molar-refractivity contribution >= 4 is 22.5 Å². The predicted molar refractivity (Wildman–Crippen MR) is 80.8 cm³/mol. The highest BCUT2D eigenvalue weighted by molar-refractivity contribution is 6.03. The maximum Gasteiger partial charge on any atom is 0.221 e. The molecule has 1 amide bonds. The fourth-order valence-electron chi connectivity index (χ4n) is 2.67. The number of H-pyrrole nitrogens is 1. The average Bonchev–Trinajstić information content (AvgIpc) is 2.66. The molecule has 0 aliphatic rings. The summed E-state index contributed by atoms with van der Waals surface area (Å²) in [5.41, 5.74) is 5.85. The van der Waals surface area contributed by atoms with Gasteiger partial charge in [0.05, 0.1) is 11.2 Å². The van der Waals surface area contributed by atoms with Crippen molar-refractivity contribution in [1.82, 2.24) is 4.98 Å². The summed E-state index contributed by atoms with van der Waals surface area (Å²) in [5, 5.41) is 4.08. The van der Waals surface area contributed by atoms with Gasteiger partial charge in [-0.25, -0.2) is 0 Å². The van der Waals surface area contributed by atoms with Crippen molar-refractivity contribution in [3.63, 3.8) is 0 Å². The van der Waals surface area contributed by atoms with Crippen LogP contribution < -0.4 is 5.32 Å². The molecule has 0 aliphatic heterocycles. The van der Waals surface area contributed by atoms with Gasteiger partial charge in [-0.3, -0.25) is 4.79 Å². The first-order valence-corrected chi connectivity index (χ1v) is 6.87.